The van der Waals surface area contributed by atoms with Gasteiger partial charge in [-0.05, 0) is 37.6 Å². The van der Waals surface area contributed by atoms with Crippen molar-refractivity contribution < 1.29 is 0 Å². The van der Waals surface area contributed by atoms with E-state index in [0.29, 0.717) is 0 Å². The maximum absolute atomic E-state index is 4.47. The van der Waals surface area contributed by atoms with Gasteiger partial charge in [0.2, 0.25) is 0 Å². The summed E-state index contributed by atoms with van der Waals surface area (Å²) in [5, 5.41) is 1.23. The highest BCUT2D eigenvalue weighted by atomic mass is 79.9. The molecule has 1 aromatic carbocycles. The van der Waals surface area contributed by atoms with Crippen LogP contribution >= 0.6 is 15.9 Å². The summed E-state index contributed by atoms with van der Waals surface area (Å²) in [5.41, 5.74) is 3.42. The molecule has 1 aromatic heterocycles. The van der Waals surface area contributed by atoms with Gasteiger partial charge in [0.25, 0.3) is 0 Å². The van der Waals surface area contributed by atoms with Gasteiger partial charge in [-0.15, -0.1) is 0 Å². The Morgan fingerprint density at radius 3 is 2.69 bits per heavy atom. The van der Waals surface area contributed by atoms with Gasteiger partial charge >= 0.3 is 0 Å². The third kappa shape index (κ3) is 1.59. The molecule has 0 bridgehead atoms. The molecule has 0 amide bonds. The molecule has 0 radical (unpaired) electrons. The van der Waals surface area contributed by atoms with Crippen molar-refractivity contribution in [1.29, 1.82) is 0 Å². The Morgan fingerprint density at radius 2 is 1.92 bits per heavy atom. The van der Waals surface area contributed by atoms with Gasteiger partial charge in [0.05, 0.1) is 5.52 Å². The molecule has 0 spiro atoms. The minimum absolute atomic E-state index is 1.06. The van der Waals surface area contributed by atoms with Crippen LogP contribution in [-0.4, -0.2) is 4.98 Å². The van der Waals surface area contributed by atoms with Crippen molar-refractivity contribution >= 4 is 26.8 Å². The van der Waals surface area contributed by atoms with Gasteiger partial charge in [-0.3, -0.25) is 4.98 Å². The molecule has 0 saturated carbocycles. The minimum Gasteiger partial charge on any atom is -0.253 e. The second-order valence-corrected chi connectivity index (χ2v) is 4.16. The molecular formula is C11H10BrN. The standard InChI is InChI=1S/C11H10BrN/c1-7-5-8(2)13-11-6-9(12)3-4-10(7)11/h3-6H,1-2H3. The average molecular weight is 236 g/mol. The quantitative estimate of drug-likeness (QED) is 0.680. The summed E-state index contributed by atoms with van der Waals surface area (Å²) in [4.78, 5) is 4.47. The fourth-order valence-corrected chi connectivity index (χ4v) is 1.89. The molecule has 13 heavy (non-hydrogen) atoms. The first-order valence-electron chi connectivity index (χ1n) is 4.20. The zero-order valence-corrected chi connectivity index (χ0v) is 9.22. The van der Waals surface area contributed by atoms with E-state index in [9.17, 15) is 0 Å². The number of nitrogens with zero attached hydrogens (tertiary/aromatic N) is 1. The number of halogens is 1. The largest absolute Gasteiger partial charge is 0.253 e. The number of aryl methyl sites for hydroxylation is 2. The Morgan fingerprint density at radius 1 is 1.15 bits per heavy atom. The van der Waals surface area contributed by atoms with Gasteiger partial charge in [-0.25, -0.2) is 0 Å². The highest BCUT2D eigenvalue weighted by Gasteiger charge is 1.99. The zero-order chi connectivity index (χ0) is 9.42. The average Bonchev–Trinajstić information content (AvgIpc) is 2.02. The van der Waals surface area contributed by atoms with Crippen LogP contribution in [0.1, 0.15) is 11.3 Å². The predicted molar refractivity (Wildman–Crippen MR) is 58.9 cm³/mol. The number of rotatable bonds is 0. The lowest BCUT2D eigenvalue weighted by Crippen LogP contribution is -1.86. The molecule has 0 aliphatic carbocycles. The van der Waals surface area contributed by atoms with Crippen molar-refractivity contribution in [3.8, 4) is 0 Å². The van der Waals surface area contributed by atoms with E-state index in [0.717, 1.165) is 15.7 Å². The summed E-state index contributed by atoms with van der Waals surface area (Å²) in [5.74, 6) is 0. The van der Waals surface area contributed by atoms with Crippen LogP contribution < -0.4 is 0 Å². The van der Waals surface area contributed by atoms with Gasteiger partial charge < -0.3 is 0 Å². The molecule has 0 atom stereocenters. The number of hydrogen-bond donors (Lipinski definition) is 0. The normalized spacial score (nSPS) is 10.7. The topological polar surface area (TPSA) is 12.9 Å². The van der Waals surface area contributed by atoms with Crippen molar-refractivity contribution in [3.63, 3.8) is 0 Å². The van der Waals surface area contributed by atoms with Crippen LogP contribution in [-0.2, 0) is 0 Å². The van der Waals surface area contributed by atoms with E-state index in [1.165, 1.54) is 10.9 Å². The molecule has 0 unspecified atom stereocenters. The molecule has 0 aliphatic heterocycles. The predicted octanol–water partition coefficient (Wildman–Crippen LogP) is 3.61. The van der Waals surface area contributed by atoms with Crippen LogP contribution in [0.4, 0.5) is 0 Å². The molecular weight excluding hydrogens is 226 g/mol. The van der Waals surface area contributed by atoms with E-state index in [4.69, 9.17) is 0 Å². The smallest absolute Gasteiger partial charge is 0.0719 e. The van der Waals surface area contributed by atoms with Crippen LogP contribution in [0, 0.1) is 13.8 Å². The lowest BCUT2D eigenvalue weighted by atomic mass is 10.1. The highest BCUT2D eigenvalue weighted by molar-refractivity contribution is 9.10. The number of pyridine rings is 1. The van der Waals surface area contributed by atoms with Gasteiger partial charge in [-0.1, -0.05) is 22.0 Å². The fourth-order valence-electron chi connectivity index (χ4n) is 1.54. The minimum atomic E-state index is 1.06. The van der Waals surface area contributed by atoms with Crippen molar-refractivity contribution in [3.05, 3.63) is 40.0 Å². The molecule has 1 nitrogen and oxygen atoms in total. The number of fused-ring (bicyclic) bond motifs is 1. The Kier molecular flexibility index (Phi) is 2.08. The van der Waals surface area contributed by atoms with Crippen LogP contribution in [0.2, 0.25) is 0 Å². The van der Waals surface area contributed by atoms with Gasteiger partial charge in [-0.2, -0.15) is 0 Å². The number of hydrogen-bond acceptors (Lipinski definition) is 1. The molecule has 66 valence electrons. The van der Waals surface area contributed by atoms with Crippen LogP contribution in [0.15, 0.2) is 28.7 Å². The lowest BCUT2D eigenvalue weighted by Gasteiger charge is -2.03. The Labute approximate surface area is 85.9 Å². The highest BCUT2D eigenvalue weighted by Crippen LogP contribution is 2.21. The van der Waals surface area contributed by atoms with Gasteiger partial charge in [0, 0.05) is 15.6 Å². The summed E-state index contributed by atoms with van der Waals surface area (Å²) < 4.78 is 1.08. The van der Waals surface area contributed by atoms with E-state index in [2.05, 4.69) is 46.0 Å². The van der Waals surface area contributed by atoms with E-state index in [-0.39, 0.29) is 0 Å². The molecule has 0 aliphatic rings. The molecule has 2 rings (SSSR count). The first kappa shape index (κ1) is 8.70. The summed E-state index contributed by atoms with van der Waals surface area (Å²) in [6.07, 6.45) is 0. The van der Waals surface area contributed by atoms with Crippen molar-refractivity contribution in [1.82, 2.24) is 4.98 Å². The summed E-state index contributed by atoms with van der Waals surface area (Å²) in [7, 11) is 0. The van der Waals surface area contributed by atoms with Crippen LogP contribution in [0.5, 0.6) is 0 Å². The maximum Gasteiger partial charge on any atom is 0.0719 e. The van der Waals surface area contributed by atoms with Crippen molar-refractivity contribution in [2.75, 3.05) is 0 Å². The van der Waals surface area contributed by atoms with Crippen LogP contribution in [0.3, 0.4) is 0 Å². The molecule has 0 fully saturated rings. The van der Waals surface area contributed by atoms with E-state index < -0.39 is 0 Å². The third-order valence-electron chi connectivity index (χ3n) is 2.11. The third-order valence-corrected chi connectivity index (χ3v) is 2.60. The Balaban J connectivity index is 2.86. The van der Waals surface area contributed by atoms with Crippen LogP contribution in [0.25, 0.3) is 10.9 Å². The molecule has 2 heteroatoms. The fraction of sp³-hybridized carbons (Fsp3) is 0.182. The molecule has 2 aromatic rings. The van der Waals surface area contributed by atoms with Gasteiger partial charge in [0.15, 0.2) is 0 Å². The number of benzene rings is 1. The van der Waals surface area contributed by atoms with Crippen molar-refractivity contribution in [2.45, 2.75) is 13.8 Å². The second kappa shape index (κ2) is 3.11. The second-order valence-electron chi connectivity index (χ2n) is 3.24. The lowest BCUT2D eigenvalue weighted by molar-refractivity contribution is 1.23. The van der Waals surface area contributed by atoms with E-state index in [1.807, 2.05) is 13.0 Å². The summed E-state index contributed by atoms with van der Waals surface area (Å²) in [6.45, 7) is 4.14. The molecule has 0 saturated heterocycles. The summed E-state index contributed by atoms with van der Waals surface area (Å²) >= 11 is 3.44. The Bertz CT molecular complexity index is 458. The van der Waals surface area contributed by atoms with Crippen molar-refractivity contribution in [2.24, 2.45) is 0 Å². The first-order chi connectivity index (χ1) is 6.16. The number of aromatic nitrogens is 1. The molecule has 0 N–H and O–H groups in total. The SMILES string of the molecule is Cc1cc(C)c2ccc(Br)cc2n1. The first-order valence-corrected chi connectivity index (χ1v) is 4.99. The van der Waals surface area contributed by atoms with E-state index >= 15 is 0 Å². The van der Waals surface area contributed by atoms with Gasteiger partial charge in [0.1, 0.15) is 0 Å². The monoisotopic (exact) mass is 235 g/mol. The van der Waals surface area contributed by atoms with E-state index in [1.54, 1.807) is 0 Å². The Hall–Kier alpha value is -0.890. The molecule has 1 heterocycles. The summed E-state index contributed by atoms with van der Waals surface area (Å²) in [6, 6.07) is 8.30. The maximum atomic E-state index is 4.47. The zero-order valence-electron chi connectivity index (χ0n) is 7.63.